The standard InChI is InChI=1S/C31H35.C2H5.2ClH.Zr/c1-19-16-21(31(2,3)4)18-27(19)25-14-9-15-26-29-22-11-6-5-10-20(22)17-28(29)23-12-7-8-13-24(23)30(25)26;1-2;;;/h5-6,9-12,15-16,18,24-25,27,30H,7-8,13-14,17H2,1-4H3;1H2,2H3;2*1H;/q;;;;+2/p-2. The van der Waals surface area contributed by atoms with Crippen LogP contribution in [0, 0.1) is 29.1 Å². The van der Waals surface area contributed by atoms with Crippen LogP contribution in [0.4, 0.5) is 0 Å². The van der Waals surface area contributed by atoms with Crippen molar-refractivity contribution in [3.05, 3.63) is 87.6 Å². The summed E-state index contributed by atoms with van der Waals surface area (Å²) in [6.07, 6.45) is 17.1. The summed E-state index contributed by atoms with van der Waals surface area (Å²) < 4.78 is 2.45. The summed E-state index contributed by atoms with van der Waals surface area (Å²) in [6.45, 7) is 12.0. The van der Waals surface area contributed by atoms with E-state index >= 15 is 0 Å². The normalized spacial score (nSPS) is 30.2. The predicted molar refractivity (Wildman–Crippen MR) is 141 cm³/mol. The van der Waals surface area contributed by atoms with Crippen molar-refractivity contribution in [2.45, 2.75) is 74.5 Å². The summed E-state index contributed by atoms with van der Waals surface area (Å²) >= 11 is -0.357. The van der Waals surface area contributed by atoms with Gasteiger partial charge in [0.1, 0.15) is 0 Å². The van der Waals surface area contributed by atoms with E-state index in [0.29, 0.717) is 17.8 Å². The second-order valence-corrected chi connectivity index (χ2v) is 16.8. The number of rotatable bonds is 3. The molecule has 36 heavy (non-hydrogen) atoms. The number of benzene rings is 1. The minimum atomic E-state index is -0.357. The Morgan fingerprint density at radius 3 is 2.56 bits per heavy atom. The van der Waals surface area contributed by atoms with Gasteiger partial charge < -0.3 is 24.8 Å². The Labute approximate surface area is 243 Å². The molecule has 0 amide bonds. The van der Waals surface area contributed by atoms with Crippen LogP contribution >= 0.6 is 0 Å². The Balaban J connectivity index is 0.00000152. The summed E-state index contributed by atoms with van der Waals surface area (Å²) in [5, 5.41) is 0. The van der Waals surface area contributed by atoms with Crippen LogP contribution in [-0.2, 0) is 29.7 Å². The molecule has 0 heterocycles. The van der Waals surface area contributed by atoms with Crippen molar-refractivity contribution >= 4 is 5.57 Å². The van der Waals surface area contributed by atoms with E-state index in [1.54, 1.807) is 39.0 Å². The van der Waals surface area contributed by atoms with Gasteiger partial charge in [0.2, 0.25) is 0 Å². The molecule has 0 aromatic heterocycles. The van der Waals surface area contributed by atoms with Crippen LogP contribution in [-0.4, -0.2) is 0 Å². The van der Waals surface area contributed by atoms with Gasteiger partial charge in [0.15, 0.2) is 0 Å². The number of fused-ring (bicyclic) bond motifs is 6. The Kier molecular flexibility index (Phi) is 8.57. The molecular weight excluding hydrogens is 558 g/mol. The van der Waals surface area contributed by atoms with E-state index in [0.717, 1.165) is 9.54 Å². The molecule has 5 aliphatic carbocycles. The molecule has 0 N–H and O–H groups in total. The Hall–Kier alpha value is -0.617. The van der Waals surface area contributed by atoms with Crippen LogP contribution in [0.15, 0.2) is 76.4 Å². The van der Waals surface area contributed by atoms with Gasteiger partial charge in [0.05, 0.1) is 0 Å². The summed E-state index contributed by atoms with van der Waals surface area (Å²) in [5.41, 5.74) is 13.7. The van der Waals surface area contributed by atoms with Crippen molar-refractivity contribution in [3.63, 3.8) is 0 Å². The minimum Gasteiger partial charge on any atom is -1.00 e. The molecule has 1 fully saturated rings. The molecule has 0 nitrogen and oxygen atoms in total. The van der Waals surface area contributed by atoms with Gasteiger partial charge in [0, 0.05) is 0 Å². The van der Waals surface area contributed by atoms with Gasteiger partial charge >= 0.3 is 220 Å². The fraction of sp³-hybridized carbons (Fsp3) is 0.515. The molecule has 0 radical (unpaired) electrons. The maximum atomic E-state index is 2.67. The fourth-order valence-corrected chi connectivity index (χ4v) is 11.6. The summed E-state index contributed by atoms with van der Waals surface area (Å²) in [7, 11) is 0. The first kappa shape index (κ1) is 28.4. The van der Waals surface area contributed by atoms with Gasteiger partial charge in [-0.25, -0.2) is 0 Å². The van der Waals surface area contributed by atoms with Gasteiger partial charge in [-0.1, -0.05) is 0 Å². The van der Waals surface area contributed by atoms with Crippen LogP contribution in [0.3, 0.4) is 0 Å². The third-order valence-electron chi connectivity index (χ3n) is 9.38. The molecule has 0 saturated heterocycles. The Bertz CT molecular complexity index is 1170. The molecule has 1 aromatic rings. The molecule has 5 unspecified atom stereocenters. The molecular formula is C33H40Cl2Zr. The van der Waals surface area contributed by atoms with Gasteiger partial charge in [-0.3, -0.25) is 0 Å². The smallest absolute Gasteiger partial charge is 1.00 e. The maximum Gasteiger partial charge on any atom is -1.00 e. The average Bonchev–Trinajstić information content (AvgIpc) is 3.40. The zero-order valence-electron chi connectivity index (χ0n) is 22.5. The maximum absolute atomic E-state index is 2.67. The number of hydrogen-bond donors (Lipinski definition) is 0. The zero-order chi connectivity index (χ0) is 23.6. The molecule has 6 rings (SSSR count). The molecule has 0 spiro atoms. The quantitative estimate of drug-likeness (QED) is 0.502. The summed E-state index contributed by atoms with van der Waals surface area (Å²) in [5.74, 6) is 2.81. The van der Waals surface area contributed by atoms with Crippen molar-refractivity contribution in [3.8, 4) is 0 Å². The van der Waals surface area contributed by atoms with Crippen LogP contribution in [0.25, 0.3) is 5.57 Å². The third-order valence-corrected chi connectivity index (χ3v) is 13.1. The molecule has 0 bridgehead atoms. The van der Waals surface area contributed by atoms with E-state index in [2.05, 4.69) is 83.2 Å². The van der Waals surface area contributed by atoms with Crippen LogP contribution in [0.5, 0.6) is 0 Å². The molecule has 0 aliphatic heterocycles. The summed E-state index contributed by atoms with van der Waals surface area (Å²) in [6, 6.07) is 9.36. The van der Waals surface area contributed by atoms with E-state index < -0.39 is 0 Å². The SMILES string of the molecule is C[CH2][Zr+2][CH]1CCCC2C1=C1Cc3ccccc3C1=C1C=CCC(C3C=C(C(C)(C)C)C=C3C)C12.[Cl-].[Cl-]. The average molecular weight is 599 g/mol. The largest absolute Gasteiger partial charge is 1.00 e. The number of halogens is 2. The van der Waals surface area contributed by atoms with Crippen molar-refractivity contribution in [1.82, 2.24) is 0 Å². The molecule has 1 aromatic carbocycles. The van der Waals surface area contributed by atoms with Gasteiger partial charge in [0.25, 0.3) is 0 Å². The van der Waals surface area contributed by atoms with Gasteiger partial charge in [-0.05, 0) is 0 Å². The van der Waals surface area contributed by atoms with E-state index in [9.17, 15) is 0 Å². The second kappa shape index (κ2) is 10.9. The first-order valence-electron chi connectivity index (χ1n) is 13.7. The topological polar surface area (TPSA) is 0 Å². The van der Waals surface area contributed by atoms with Crippen molar-refractivity contribution in [2.24, 2.45) is 29.1 Å². The monoisotopic (exact) mass is 596 g/mol. The summed E-state index contributed by atoms with van der Waals surface area (Å²) in [4.78, 5) is 0. The first-order valence-corrected chi connectivity index (χ1v) is 16.9. The predicted octanol–water partition coefficient (Wildman–Crippen LogP) is 3.16. The Morgan fingerprint density at radius 2 is 1.83 bits per heavy atom. The second-order valence-electron chi connectivity index (χ2n) is 12.4. The fourth-order valence-electron chi connectivity index (χ4n) is 7.93. The Morgan fingerprint density at radius 1 is 1.06 bits per heavy atom. The van der Waals surface area contributed by atoms with Crippen molar-refractivity contribution in [1.29, 1.82) is 0 Å². The molecule has 1 saturated carbocycles. The van der Waals surface area contributed by atoms with Gasteiger partial charge in [-0.2, -0.15) is 0 Å². The van der Waals surface area contributed by atoms with Crippen LogP contribution < -0.4 is 24.8 Å². The molecule has 5 atom stereocenters. The first-order chi connectivity index (χ1) is 16.4. The van der Waals surface area contributed by atoms with Crippen LogP contribution in [0.2, 0.25) is 7.75 Å². The third kappa shape index (κ3) is 4.58. The number of hydrogen-bond acceptors (Lipinski definition) is 0. The van der Waals surface area contributed by atoms with Crippen LogP contribution in [0.1, 0.15) is 71.4 Å². The van der Waals surface area contributed by atoms with Crippen molar-refractivity contribution in [2.75, 3.05) is 0 Å². The molecule has 3 heteroatoms. The van der Waals surface area contributed by atoms with E-state index in [4.69, 9.17) is 0 Å². The number of allylic oxidation sites excluding steroid dienone is 10. The van der Waals surface area contributed by atoms with E-state index in [1.165, 1.54) is 36.2 Å². The molecule has 190 valence electrons. The van der Waals surface area contributed by atoms with E-state index in [1.807, 2.05) is 5.57 Å². The van der Waals surface area contributed by atoms with Crippen molar-refractivity contribution < 1.29 is 48.0 Å². The molecule has 5 aliphatic rings. The van der Waals surface area contributed by atoms with Gasteiger partial charge in [-0.15, -0.1) is 0 Å². The van der Waals surface area contributed by atoms with E-state index in [-0.39, 0.29) is 53.5 Å². The minimum absolute atomic E-state index is 0. The zero-order valence-corrected chi connectivity index (χ0v) is 26.5.